The smallest absolute Gasteiger partial charge is 0.0595 e. The van der Waals surface area contributed by atoms with E-state index in [0.717, 1.165) is 32.7 Å². The lowest BCUT2D eigenvalue weighted by atomic mass is 10.2. The number of nitrogens with one attached hydrogen (secondary N) is 3. The van der Waals surface area contributed by atoms with Crippen LogP contribution in [0.4, 0.5) is 0 Å². The van der Waals surface area contributed by atoms with Gasteiger partial charge < -0.3 is 16.0 Å². The molecule has 4 nitrogen and oxygen atoms in total. The van der Waals surface area contributed by atoms with E-state index >= 15 is 0 Å². The third kappa shape index (κ3) is 9.82. The highest BCUT2D eigenvalue weighted by Gasteiger charge is 2.11. The molecule has 0 saturated carbocycles. The molecular weight excluding hydrogens is 236 g/mol. The topological polar surface area (TPSA) is 48.5 Å². The van der Waals surface area contributed by atoms with Gasteiger partial charge in [0.2, 0.25) is 0 Å². The SMILES string of the molecule is C/C=C(/C)C=NC(C)CNCC1CNCCN1.CC. The van der Waals surface area contributed by atoms with Crippen molar-refractivity contribution in [2.24, 2.45) is 4.99 Å². The van der Waals surface area contributed by atoms with Crippen LogP contribution < -0.4 is 16.0 Å². The molecule has 19 heavy (non-hydrogen) atoms. The first-order valence-electron chi connectivity index (χ1n) is 7.53. The summed E-state index contributed by atoms with van der Waals surface area (Å²) in [5, 5.41) is 10.3. The molecule has 1 fully saturated rings. The molecule has 4 heteroatoms. The van der Waals surface area contributed by atoms with Gasteiger partial charge in [-0.1, -0.05) is 19.9 Å². The van der Waals surface area contributed by atoms with Crippen molar-refractivity contribution in [1.29, 1.82) is 0 Å². The van der Waals surface area contributed by atoms with Crippen LogP contribution in [-0.4, -0.2) is 51.0 Å². The molecule has 0 bridgehead atoms. The Labute approximate surface area is 119 Å². The molecule has 3 N–H and O–H groups in total. The molecular formula is C15H32N4. The molecule has 0 aromatic heterocycles. The summed E-state index contributed by atoms with van der Waals surface area (Å²) in [4.78, 5) is 4.49. The predicted octanol–water partition coefficient (Wildman–Crippen LogP) is 1.59. The lowest BCUT2D eigenvalue weighted by molar-refractivity contribution is 0.397. The second-order valence-corrected chi connectivity index (χ2v) is 4.67. The van der Waals surface area contributed by atoms with Crippen molar-refractivity contribution in [2.75, 3.05) is 32.7 Å². The van der Waals surface area contributed by atoms with Crippen molar-refractivity contribution in [1.82, 2.24) is 16.0 Å². The zero-order valence-corrected chi connectivity index (χ0v) is 13.3. The minimum atomic E-state index is 0.335. The minimum Gasteiger partial charge on any atom is -0.314 e. The third-order valence-electron chi connectivity index (χ3n) is 2.94. The van der Waals surface area contributed by atoms with E-state index in [1.807, 2.05) is 27.0 Å². The standard InChI is InChI=1S/C13H26N4.C2H6/c1-4-11(2)7-17-12(3)8-15-10-13-9-14-5-6-16-13;1-2/h4,7,12-16H,5-6,8-10H2,1-3H3;1-2H3/b11-4-,17-7?;. The lowest BCUT2D eigenvalue weighted by Crippen LogP contribution is -2.53. The Hall–Kier alpha value is -0.710. The summed E-state index contributed by atoms with van der Waals surface area (Å²) in [6.45, 7) is 15.4. The molecule has 1 saturated heterocycles. The Morgan fingerprint density at radius 1 is 1.42 bits per heavy atom. The second kappa shape index (κ2) is 12.3. The highest BCUT2D eigenvalue weighted by atomic mass is 15.1. The quantitative estimate of drug-likeness (QED) is 0.641. The highest BCUT2D eigenvalue weighted by molar-refractivity contribution is 5.77. The van der Waals surface area contributed by atoms with Gasteiger partial charge in [-0.05, 0) is 26.3 Å². The first-order chi connectivity index (χ1) is 9.22. The monoisotopic (exact) mass is 268 g/mol. The van der Waals surface area contributed by atoms with Gasteiger partial charge in [-0.25, -0.2) is 0 Å². The van der Waals surface area contributed by atoms with Crippen LogP contribution in [0, 0.1) is 0 Å². The molecule has 2 atom stereocenters. The molecule has 0 amide bonds. The number of hydrogen-bond acceptors (Lipinski definition) is 4. The third-order valence-corrected chi connectivity index (χ3v) is 2.94. The molecule has 1 heterocycles. The molecule has 0 aromatic rings. The number of piperazine rings is 1. The van der Waals surface area contributed by atoms with Crippen LogP contribution in [0.3, 0.4) is 0 Å². The van der Waals surface area contributed by atoms with Crippen LogP contribution in [-0.2, 0) is 0 Å². The number of allylic oxidation sites excluding steroid dienone is 2. The van der Waals surface area contributed by atoms with Crippen LogP contribution in [0.2, 0.25) is 0 Å². The minimum absolute atomic E-state index is 0.335. The number of hydrogen-bond donors (Lipinski definition) is 3. The van der Waals surface area contributed by atoms with Crippen molar-refractivity contribution >= 4 is 6.21 Å². The van der Waals surface area contributed by atoms with E-state index in [4.69, 9.17) is 0 Å². The van der Waals surface area contributed by atoms with Gasteiger partial charge in [0.05, 0.1) is 6.04 Å². The Bertz CT molecular complexity index is 255. The van der Waals surface area contributed by atoms with E-state index in [0.29, 0.717) is 12.1 Å². The number of rotatable bonds is 6. The molecule has 0 aliphatic carbocycles. The maximum atomic E-state index is 4.49. The summed E-state index contributed by atoms with van der Waals surface area (Å²) in [6.07, 6.45) is 4.02. The van der Waals surface area contributed by atoms with Gasteiger partial charge in [0, 0.05) is 45.0 Å². The maximum Gasteiger partial charge on any atom is 0.0595 e. The van der Waals surface area contributed by atoms with E-state index in [2.05, 4.69) is 40.9 Å². The molecule has 2 unspecified atom stereocenters. The lowest BCUT2D eigenvalue weighted by Gasteiger charge is -2.25. The molecule has 1 rings (SSSR count). The molecule has 0 aromatic carbocycles. The zero-order valence-electron chi connectivity index (χ0n) is 13.3. The molecule has 0 radical (unpaired) electrons. The van der Waals surface area contributed by atoms with Crippen molar-refractivity contribution < 1.29 is 0 Å². The highest BCUT2D eigenvalue weighted by Crippen LogP contribution is 1.92. The van der Waals surface area contributed by atoms with E-state index in [9.17, 15) is 0 Å². The Kier molecular flexibility index (Phi) is 11.9. The fourth-order valence-electron chi connectivity index (χ4n) is 1.70. The van der Waals surface area contributed by atoms with Crippen LogP contribution >= 0.6 is 0 Å². The summed E-state index contributed by atoms with van der Waals surface area (Å²) in [6, 6.07) is 0.888. The van der Waals surface area contributed by atoms with Crippen molar-refractivity contribution in [3.63, 3.8) is 0 Å². The fraction of sp³-hybridized carbons (Fsp3) is 0.800. The first-order valence-corrected chi connectivity index (χ1v) is 7.53. The summed E-state index contributed by atoms with van der Waals surface area (Å²) in [5.74, 6) is 0. The van der Waals surface area contributed by atoms with Crippen LogP contribution in [0.5, 0.6) is 0 Å². The van der Waals surface area contributed by atoms with Crippen LogP contribution in [0.25, 0.3) is 0 Å². The van der Waals surface area contributed by atoms with E-state index in [1.165, 1.54) is 5.57 Å². The summed E-state index contributed by atoms with van der Waals surface area (Å²) < 4.78 is 0. The van der Waals surface area contributed by atoms with Crippen LogP contribution in [0.15, 0.2) is 16.6 Å². The van der Waals surface area contributed by atoms with E-state index in [1.54, 1.807) is 0 Å². The van der Waals surface area contributed by atoms with Gasteiger partial charge in [-0.3, -0.25) is 4.99 Å². The maximum absolute atomic E-state index is 4.49. The van der Waals surface area contributed by atoms with Crippen molar-refractivity contribution in [3.05, 3.63) is 11.6 Å². The Balaban J connectivity index is 0.00000154. The largest absolute Gasteiger partial charge is 0.314 e. The summed E-state index contributed by atoms with van der Waals surface area (Å²) >= 11 is 0. The average Bonchev–Trinajstić information content (AvgIpc) is 2.48. The van der Waals surface area contributed by atoms with Crippen molar-refractivity contribution in [3.8, 4) is 0 Å². The van der Waals surface area contributed by atoms with Gasteiger partial charge in [0.15, 0.2) is 0 Å². The van der Waals surface area contributed by atoms with Crippen molar-refractivity contribution in [2.45, 2.75) is 46.7 Å². The molecule has 1 aliphatic heterocycles. The van der Waals surface area contributed by atoms with Gasteiger partial charge in [0.1, 0.15) is 0 Å². The first kappa shape index (κ1) is 18.3. The summed E-state index contributed by atoms with van der Waals surface area (Å²) in [7, 11) is 0. The van der Waals surface area contributed by atoms with Crippen LogP contribution in [0.1, 0.15) is 34.6 Å². The number of aliphatic imine (C=N–C) groups is 1. The Morgan fingerprint density at radius 2 is 2.16 bits per heavy atom. The molecule has 0 spiro atoms. The van der Waals surface area contributed by atoms with Gasteiger partial charge in [-0.2, -0.15) is 0 Å². The Morgan fingerprint density at radius 3 is 2.74 bits per heavy atom. The van der Waals surface area contributed by atoms with Gasteiger partial charge in [0.25, 0.3) is 0 Å². The van der Waals surface area contributed by atoms with Gasteiger partial charge in [-0.15, -0.1) is 0 Å². The van der Waals surface area contributed by atoms with Gasteiger partial charge >= 0.3 is 0 Å². The summed E-state index contributed by atoms with van der Waals surface area (Å²) in [5.41, 5.74) is 1.22. The second-order valence-electron chi connectivity index (χ2n) is 4.67. The van der Waals surface area contributed by atoms with E-state index < -0.39 is 0 Å². The number of nitrogens with zero attached hydrogens (tertiary/aromatic N) is 1. The molecule has 112 valence electrons. The molecule has 1 aliphatic rings. The fourth-order valence-corrected chi connectivity index (χ4v) is 1.70. The normalized spacial score (nSPS) is 21.9. The predicted molar refractivity (Wildman–Crippen MR) is 86.3 cm³/mol. The van der Waals surface area contributed by atoms with E-state index in [-0.39, 0.29) is 0 Å². The average molecular weight is 268 g/mol. The zero-order chi connectivity index (χ0) is 14.5.